The first-order chi connectivity index (χ1) is 11.4. The van der Waals surface area contributed by atoms with Gasteiger partial charge in [0.1, 0.15) is 5.69 Å². The van der Waals surface area contributed by atoms with E-state index in [9.17, 15) is 4.79 Å². The van der Waals surface area contributed by atoms with Crippen LogP contribution in [0.15, 0.2) is 11.6 Å². The smallest absolute Gasteiger partial charge is 0.355 e. The summed E-state index contributed by atoms with van der Waals surface area (Å²) in [4.78, 5) is 15.6. The van der Waals surface area contributed by atoms with Crippen molar-refractivity contribution in [1.82, 2.24) is 4.98 Å². The third-order valence-corrected chi connectivity index (χ3v) is 5.36. The minimum atomic E-state index is -0.268. The molecule has 3 heterocycles. The number of aromatic nitrogens is 2. The highest BCUT2D eigenvalue weighted by molar-refractivity contribution is 5.99. The van der Waals surface area contributed by atoms with Crippen LogP contribution in [0.25, 0.3) is 16.5 Å². The number of hydrogen-bond donors (Lipinski definition) is 1. The quantitative estimate of drug-likeness (QED) is 0.673. The SMILES string of the molecule is CCCc1c2c(C)c(C(=O)OCC)[nH]c2cc2[n+]1C(C)C(C)=C2C. The number of aromatic amines is 1. The molecule has 128 valence electrons. The fourth-order valence-corrected chi connectivity index (χ4v) is 3.90. The summed E-state index contributed by atoms with van der Waals surface area (Å²) in [6.45, 7) is 13.1. The highest BCUT2D eigenvalue weighted by Crippen LogP contribution is 2.35. The average Bonchev–Trinajstić information content (AvgIpc) is 2.99. The molecule has 3 rings (SSSR count). The number of nitrogens with one attached hydrogen (secondary N) is 1. The Morgan fingerprint density at radius 3 is 2.62 bits per heavy atom. The van der Waals surface area contributed by atoms with Gasteiger partial charge in [0.15, 0.2) is 11.7 Å². The van der Waals surface area contributed by atoms with Gasteiger partial charge in [-0.2, -0.15) is 4.57 Å². The first-order valence-corrected chi connectivity index (χ1v) is 8.86. The molecule has 0 aromatic carbocycles. The molecular weight excluding hydrogens is 300 g/mol. The molecule has 24 heavy (non-hydrogen) atoms. The van der Waals surface area contributed by atoms with Crippen molar-refractivity contribution >= 4 is 22.4 Å². The monoisotopic (exact) mass is 327 g/mol. The zero-order valence-corrected chi connectivity index (χ0v) is 15.5. The number of ether oxygens (including phenoxy) is 1. The Morgan fingerprint density at radius 2 is 2.00 bits per heavy atom. The summed E-state index contributed by atoms with van der Waals surface area (Å²) in [6, 6.07) is 2.55. The van der Waals surface area contributed by atoms with Gasteiger partial charge in [0.2, 0.25) is 5.69 Å². The van der Waals surface area contributed by atoms with Gasteiger partial charge in [-0.1, -0.05) is 6.92 Å². The molecule has 1 aliphatic heterocycles. The molecule has 0 saturated heterocycles. The summed E-state index contributed by atoms with van der Waals surface area (Å²) in [7, 11) is 0. The van der Waals surface area contributed by atoms with Crippen molar-refractivity contribution in [1.29, 1.82) is 0 Å². The van der Waals surface area contributed by atoms with E-state index in [1.54, 1.807) is 0 Å². The van der Waals surface area contributed by atoms with Gasteiger partial charge in [-0.3, -0.25) is 0 Å². The van der Waals surface area contributed by atoms with Crippen molar-refractivity contribution in [3.05, 3.63) is 34.3 Å². The van der Waals surface area contributed by atoms with Crippen molar-refractivity contribution in [2.45, 2.75) is 60.4 Å². The van der Waals surface area contributed by atoms with Crippen LogP contribution in [-0.2, 0) is 11.2 Å². The number of carbonyl (C=O) groups excluding carboxylic acids is 1. The van der Waals surface area contributed by atoms with Crippen molar-refractivity contribution in [3.8, 4) is 0 Å². The summed E-state index contributed by atoms with van der Waals surface area (Å²) >= 11 is 0. The lowest BCUT2D eigenvalue weighted by atomic mass is 10.0. The van der Waals surface area contributed by atoms with E-state index in [1.165, 1.54) is 27.9 Å². The van der Waals surface area contributed by atoms with Crippen molar-refractivity contribution in [2.24, 2.45) is 0 Å². The molecule has 1 aliphatic rings. The molecule has 0 bridgehead atoms. The van der Waals surface area contributed by atoms with Crippen LogP contribution in [0.1, 0.15) is 74.5 Å². The molecule has 0 saturated carbocycles. The van der Waals surface area contributed by atoms with Crippen LogP contribution in [0.4, 0.5) is 0 Å². The lowest BCUT2D eigenvalue weighted by molar-refractivity contribution is -0.713. The Labute approximate surface area is 143 Å². The van der Waals surface area contributed by atoms with Crippen molar-refractivity contribution < 1.29 is 14.1 Å². The molecule has 1 N–H and O–H groups in total. The van der Waals surface area contributed by atoms with Crippen LogP contribution < -0.4 is 4.57 Å². The van der Waals surface area contributed by atoms with Crippen LogP contribution >= 0.6 is 0 Å². The van der Waals surface area contributed by atoms with Gasteiger partial charge in [-0.15, -0.1) is 0 Å². The summed E-state index contributed by atoms with van der Waals surface area (Å²) < 4.78 is 7.66. The Hall–Kier alpha value is -2.10. The third kappa shape index (κ3) is 2.27. The zero-order chi connectivity index (χ0) is 17.6. The second-order valence-corrected chi connectivity index (χ2v) is 6.71. The van der Waals surface area contributed by atoms with Crippen LogP contribution in [0.3, 0.4) is 0 Å². The molecule has 0 amide bonds. The number of allylic oxidation sites excluding steroid dienone is 2. The van der Waals surface area contributed by atoms with Crippen molar-refractivity contribution in [2.75, 3.05) is 6.61 Å². The minimum Gasteiger partial charge on any atom is -0.461 e. The second kappa shape index (κ2) is 6.08. The van der Waals surface area contributed by atoms with E-state index in [-0.39, 0.29) is 5.97 Å². The van der Waals surface area contributed by atoms with Crippen LogP contribution in [-0.4, -0.2) is 17.6 Å². The third-order valence-electron chi connectivity index (χ3n) is 5.36. The van der Waals surface area contributed by atoms with E-state index in [1.807, 2.05) is 13.8 Å². The van der Waals surface area contributed by atoms with Crippen LogP contribution in [0, 0.1) is 6.92 Å². The fraction of sp³-hybridized carbons (Fsp3) is 0.500. The zero-order valence-electron chi connectivity index (χ0n) is 15.5. The number of nitrogens with zero attached hydrogens (tertiary/aromatic N) is 1. The number of H-pyrrole nitrogens is 1. The molecule has 4 nitrogen and oxygen atoms in total. The van der Waals surface area contributed by atoms with Crippen LogP contribution in [0.2, 0.25) is 0 Å². The Morgan fingerprint density at radius 1 is 1.29 bits per heavy atom. The van der Waals surface area contributed by atoms with E-state index in [0.29, 0.717) is 18.3 Å². The second-order valence-electron chi connectivity index (χ2n) is 6.71. The molecule has 0 aliphatic carbocycles. The predicted octanol–water partition coefficient (Wildman–Crippen LogP) is 4.26. The van der Waals surface area contributed by atoms with Gasteiger partial charge in [0.25, 0.3) is 0 Å². The standard InChI is InChI=1S/C20H26N2O2/c1-7-9-16-18-13(5)19(20(23)24-8-2)21-15(18)10-17-12(4)11(3)14(6)22(16)17/h10,14H,7-9H2,1-6H3/p+1. The minimum absolute atomic E-state index is 0.268. The number of carbonyl (C=O) groups is 1. The number of pyridine rings is 1. The van der Waals surface area contributed by atoms with Gasteiger partial charge < -0.3 is 9.72 Å². The molecule has 1 atom stereocenters. The molecule has 2 aromatic rings. The largest absolute Gasteiger partial charge is 0.461 e. The summed E-state index contributed by atoms with van der Waals surface area (Å²) in [5.74, 6) is -0.268. The number of rotatable bonds is 4. The maximum Gasteiger partial charge on any atom is 0.355 e. The summed E-state index contributed by atoms with van der Waals surface area (Å²) in [5, 5.41) is 1.18. The van der Waals surface area contributed by atoms with E-state index >= 15 is 0 Å². The van der Waals surface area contributed by atoms with Gasteiger partial charge in [0, 0.05) is 30.6 Å². The number of hydrogen-bond acceptors (Lipinski definition) is 2. The van der Waals surface area contributed by atoms with E-state index in [4.69, 9.17) is 4.74 Å². The lowest BCUT2D eigenvalue weighted by Crippen LogP contribution is -2.42. The fourth-order valence-electron chi connectivity index (χ4n) is 3.90. The van der Waals surface area contributed by atoms with E-state index in [0.717, 1.165) is 23.9 Å². The number of fused-ring (bicyclic) bond motifs is 2. The van der Waals surface area contributed by atoms with Crippen LogP contribution in [0.5, 0.6) is 0 Å². The Balaban J connectivity index is 2.32. The van der Waals surface area contributed by atoms with Gasteiger partial charge in [-0.25, -0.2) is 4.79 Å². The molecule has 4 heteroatoms. The highest BCUT2D eigenvalue weighted by Gasteiger charge is 2.36. The van der Waals surface area contributed by atoms with E-state index < -0.39 is 0 Å². The van der Waals surface area contributed by atoms with Crippen molar-refractivity contribution in [3.63, 3.8) is 0 Å². The summed E-state index contributed by atoms with van der Waals surface area (Å²) in [5.41, 5.74) is 7.95. The highest BCUT2D eigenvalue weighted by atomic mass is 16.5. The Bertz CT molecular complexity index is 858. The van der Waals surface area contributed by atoms with Gasteiger partial charge >= 0.3 is 5.97 Å². The lowest BCUT2D eigenvalue weighted by Gasteiger charge is -2.09. The number of esters is 1. The first-order valence-electron chi connectivity index (χ1n) is 8.86. The molecule has 0 fully saturated rings. The van der Waals surface area contributed by atoms with Gasteiger partial charge in [-0.05, 0) is 39.7 Å². The average molecular weight is 327 g/mol. The molecule has 0 radical (unpaired) electrons. The topological polar surface area (TPSA) is 46.0 Å². The molecule has 2 aromatic heterocycles. The first kappa shape index (κ1) is 16.7. The normalized spacial score (nSPS) is 16.8. The maximum absolute atomic E-state index is 12.3. The Kier molecular flexibility index (Phi) is 4.24. The molecular formula is C20H27N2O2+. The van der Waals surface area contributed by atoms with Gasteiger partial charge in [0.05, 0.1) is 17.5 Å². The molecule has 0 spiro atoms. The van der Waals surface area contributed by atoms with E-state index in [2.05, 4.69) is 43.3 Å². The summed E-state index contributed by atoms with van der Waals surface area (Å²) in [6.07, 6.45) is 2.07. The number of aryl methyl sites for hydroxylation is 2. The predicted molar refractivity (Wildman–Crippen MR) is 96.2 cm³/mol. The maximum atomic E-state index is 12.3. The molecule has 1 unspecified atom stereocenters.